The van der Waals surface area contributed by atoms with Gasteiger partial charge in [-0.1, -0.05) is 6.92 Å². The Bertz CT molecular complexity index is 713. The van der Waals surface area contributed by atoms with Gasteiger partial charge in [-0.05, 0) is 52.4 Å². The lowest BCUT2D eigenvalue weighted by Crippen LogP contribution is -2.37. The summed E-state index contributed by atoms with van der Waals surface area (Å²) in [4.78, 5) is 12.3. The van der Waals surface area contributed by atoms with E-state index < -0.39 is 16.0 Å². The van der Waals surface area contributed by atoms with E-state index in [0.29, 0.717) is 22.9 Å². The molecule has 0 aromatic carbocycles. The van der Waals surface area contributed by atoms with Crippen LogP contribution in [0.3, 0.4) is 0 Å². The van der Waals surface area contributed by atoms with Crippen LogP contribution in [0.25, 0.3) is 0 Å². The van der Waals surface area contributed by atoms with E-state index in [-0.39, 0.29) is 17.5 Å². The van der Waals surface area contributed by atoms with E-state index in [1.165, 1.54) is 0 Å². The van der Waals surface area contributed by atoms with Gasteiger partial charge in [0.05, 0.1) is 6.61 Å². The van der Waals surface area contributed by atoms with Gasteiger partial charge in [-0.2, -0.15) is 0 Å². The second kappa shape index (κ2) is 7.27. The first kappa shape index (κ1) is 19.0. The van der Waals surface area contributed by atoms with Crippen molar-refractivity contribution in [1.82, 2.24) is 9.29 Å². The number of hydrogen-bond acceptors (Lipinski definition) is 4. The minimum atomic E-state index is -3.67. The molecule has 2 rings (SSSR count). The monoisotopic (exact) mass is 356 g/mol. The molecule has 0 aliphatic heterocycles. The molecule has 1 aliphatic carbocycles. The maximum Gasteiger partial charge on any atom is 0.355 e. The summed E-state index contributed by atoms with van der Waals surface area (Å²) in [7, 11) is -1.98. The summed E-state index contributed by atoms with van der Waals surface area (Å²) < 4.78 is 35.3. The molecule has 1 N–H and O–H groups in total. The normalized spacial score (nSPS) is 21.7. The number of nitrogens with one attached hydrogen (secondary N) is 1. The molecule has 0 amide bonds. The lowest BCUT2D eigenvalue weighted by molar-refractivity contribution is 0.0514. The standard InChI is InChI=1S/C17H28N2O4S/c1-6-23-17(20)15-12(3)16(13(4)19(15)5)24(21,22)18-14-9-7-11(2)8-10-14/h11,14,18H,6-10H2,1-5H3. The highest BCUT2D eigenvalue weighted by molar-refractivity contribution is 7.89. The average Bonchev–Trinajstić information content (AvgIpc) is 2.72. The summed E-state index contributed by atoms with van der Waals surface area (Å²) in [5.41, 5.74) is 1.30. The number of aromatic nitrogens is 1. The van der Waals surface area contributed by atoms with Gasteiger partial charge in [0.1, 0.15) is 10.6 Å². The van der Waals surface area contributed by atoms with Crippen LogP contribution in [0.4, 0.5) is 0 Å². The minimum Gasteiger partial charge on any atom is -0.461 e. The lowest BCUT2D eigenvalue weighted by atomic mass is 9.88. The fourth-order valence-corrected chi connectivity index (χ4v) is 5.31. The van der Waals surface area contributed by atoms with E-state index in [1.807, 2.05) is 0 Å². The summed E-state index contributed by atoms with van der Waals surface area (Å²) in [6.07, 6.45) is 3.79. The minimum absolute atomic E-state index is 0.0313. The number of esters is 1. The molecule has 6 nitrogen and oxygen atoms in total. The molecule has 0 bridgehead atoms. The van der Waals surface area contributed by atoms with Crippen LogP contribution in [0, 0.1) is 19.8 Å². The molecule has 1 aromatic heterocycles. The molecule has 0 atom stereocenters. The van der Waals surface area contributed by atoms with Crippen LogP contribution in [0.2, 0.25) is 0 Å². The van der Waals surface area contributed by atoms with E-state index in [9.17, 15) is 13.2 Å². The van der Waals surface area contributed by atoms with Gasteiger partial charge in [-0.3, -0.25) is 0 Å². The first-order chi connectivity index (χ1) is 11.2. The zero-order chi connectivity index (χ0) is 18.1. The van der Waals surface area contributed by atoms with Crippen molar-refractivity contribution in [3.63, 3.8) is 0 Å². The predicted molar refractivity (Wildman–Crippen MR) is 92.6 cm³/mol. The smallest absolute Gasteiger partial charge is 0.355 e. The number of rotatable bonds is 5. The zero-order valence-corrected chi connectivity index (χ0v) is 16.0. The Kier molecular flexibility index (Phi) is 5.75. The molecule has 0 saturated heterocycles. The summed E-state index contributed by atoms with van der Waals surface area (Å²) in [5, 5.41) is 0. The summed E-state index contributed by atoms with van der Waals surface area (Å²) in [6.45, 7) is 7.56. The first-order valence-electron chi connectivity index (χ1n) is 8.54. The van der Waals surface area contributed by atoms with Crippen molar-refractivity contribution in [3.8, 4) is 0 Å². The molecule has 136 valence electrons. The Hall–Kier alpha value is -1.34. The van der Waals surface area contributed by atoms with Crippen LogP contribution >= 0.6 is 0 Å². The maximum atomic E-state index is 12.9. The van der Waals surface area contributed by atoms with Crippen molar-refractivity contribution in [2.45, 2.75) is 64.3 Å². The maximum absolute atomic E-state index is 12.9. The number of carbonyl (C=O) groups is 1. The van der Waals surface area contributed by atoms with Gasteiger partial charge in [-0.25, -0.2) is 17.9 Å². The third kappa shape index (κ3) is 3.67. The predicted octanol–water partition coefficient (Wildman–Crippen LogP) is 2.68. The van der Waals surface area contributed by atoms with Crippen molar-refractivity contribution in [2.24, 2.45) is 13.0 Å². The molecular weight excluding hydrogens is 328 g/mol. The molecule has 0 spiro atoms. The second-order valence-electron chi connectivity index (χ2n) is 6.75. The Labute approximate surface area is 144 Å². The van der Waals surface area contributed by atoms with Crippen molar-refractivity contribution in [2.75, 3.05) is 6.61 Å². The molecule has 1 heterocycles. The van der Waals surface area contributed by atoms with Crippen LogP contribution in [-0.4, -0.2) is 31.6 Å². The van der Waals surface area contributed by atoms with Crippen LogP contribution < -0.4 is 4.72 Å². The second-order valence-corrected chi connectivity index (χ2v) is 8.40. The Morgan fingerprint density at radius 3 is 2.38 bits per heavy atom. The molecule has 1 aliphatic rings. The number of carbonyl (C=O) groups excluding carboxylic acids is 1. The summed E-state index contributed by atoms with van der Waals surface area (Å²) in [5.74, 6) is 0.162. The number of ether oxygens (including phenoxy) is 1. The molecule has 7 heteroatoms. The number of sulfonamides is 1. The highest BCUT2D eigenvalue weighted by atomic mass is 32.2. The lowest BCUT2D eigenvalue weighted by Gasteiger charge is -2.26. The third-order valence-electron chi connectivity index (χ3n) is 4.94. The molecular formula is C17H28N2O4S. The zero-order valence-electron chi connectivity index (χ0n) is 15.2. The van der Waals surface area contributed by atoms with Gasteiger partial charge < -0.3 is 9.30 Å². The van der Waals surface area contributed by atoms with Crippen LogP contribution in [0.15, 0.2) is 4.90 Å². The van der Waals surface area contributed by atoms with Gasteiger partial charge in [0.25, 0.3) is 0 Å². The Morgan fingerprint density at radius 1 is 1.25 bits per heavy atom. The summed E-state index contributed by atoms with van der Waals surface area (Å²) in [6, 6.07) is -0.0313. The van der Waals surface area contributed by atoms with E-state index in [1.54, 1.807) is 32.4 Å². The number of hydrogen-bond donors (Lipinski definition) is 1. The number of nitrogens with zero attached hydrogens (tertiary/aromatic N) is 1. The van der Waals surface area contributed by atoms with Crippen LogP contribution in [0.5, 0.6) is 0 Å². The SMILES string of the molecule is CCOC(=O)c1c(C)c(S(=O)(=O)NC2CCC(C)CC2)c(C)n1C. The highest BCUT2D eigenvalue weighted by Gasteiger charge is 2.31. The Balaban J connectivity index is 2.33. The molecule has 0 radical (unpaired) electrons. The van der Waals surface area contributed by atoms with Crippen molar-refractivity contribution < 1.29 is 17.9 Å². The first-order valence-corrected chi connectivity index (χ1v) is 10.0. The highest BCUT2D eigenvalue weighted by Crippen LogP contribution is 2.29. The topological polar surface area (TPSA) is 77.4 Å². The van der Waals surface area contributed by atoms with Crippen LogP contribution in [-0.2, 0) is 21.8 Å². The van der Waals surface area contributed by atoms with E-state index in [2.05, 4.69) is 11.6 Å². The van der Waals surface area contributed by atoms with Gasteiger partial charge in [0.15, 0.2) is 0 Å². The fourth-order valence-electron chi connectivity index (χ4n) is 3.49. The largest absolute Gasteiger partial charge is 0.461 e. The molecule has 1 aromatic rings. The van der Waals surface area contributed by atoms with Crippen molar-refractivity contribution in [3.05, 3.63) is 17.0 Å². The van der Waals surface area contributed by atoms with Crippen LogP contribution in [0.1, 0.15) is 61.3 Å². The third-order valence-corrected chi connectivity index (χ3v) is 6.72. The average molecular weight is 356 g/mol. The van der Waals surface area contributed by atoms with Gasteiger partial charge in [0, 0.05) is 24.3 Å². The van der Waals surface area contributed by atoms with Gasteiger partial charge in [0.2, 0.25) is 10.0 Å². The Morgan fingerprint density at radius 2 is 1.83 bits per heavy atom. The van der Waals surface area contributed by atoms with Crippen molar-refractivity contribution in [1.29, 1.82) is 0 Å². The molecule has 1 saturated carbocycles. The molecule has 0 unspecified atom stereocenters. The van der Waals surface area contributed by atoms with E-state index in [0.717, 1.165) is 25.7 Å². The fraction of sp³-hybridized carbons (Fsp3) is 0.706. The van der Waals surface area contributed by atoms with Gasteiger partial charge >= 0.3 is 5.97 Å². The van der Waals surface area contributed by atoms with E-state index >= 15 is 0 Å². The van der Waals surface area contributed by atoms with Crippen molar-refractivity contribution >= 4 is 16.0 Å². The van der Waals surface area contributed by atoms with Gasteiger partial charge in [-0.15, -0.1) is 0 Å². The molecule has 1 fully saturated rings. The molecule has 24 heavy (non-hydrogen) atoms. The van der Waals surface area contributed by atoms with E-state index in [4.69, 9.17) is 4.74 Å². The quantitative estimate of drug-likeness (QED) is 0.823. The summed E-state index contributed by atoms with van der Waals surface area (Å²) >= 11 is 0.